The summed E-state index contributed by atoms with van der Waals surface area (Å²) in [7, 11) is 1.65. The molecule has 1 atom stereocenters. The fourth-order valence-electron chi connectivity index (χ4n) is 3.98. The molecule has 1 aromatic heterocycles. The van der Waals surface area contributed by atoms with Crippen LogP contribution in [0.25, 0.3) is 11.4 Å². The summed E-state index contributed by atoms with van der Waals surface area (Å²) in [4.78, 5) is 15.2. The number of hydrogen-bond donors (Lipinski definition) is 1. The molecule has 3 aromatic rings. The fourth-order valence-corrected chi connectivity index (χ4v) is 4.89. The number of rotatable bonds is 8. The van der Waals surface area contributed by atoms with E-state index in [9.17, 15) is 4.79 Å². The Morgan fingerprint density at radius 1 is 1.06 bits per heavy atom. The number of amides is 1. The topological polar surface area (TPSA) is 72.3 Å². The van der Waals surface area contributed by atoms with Crippen LogP contribution in [-0.4, -0.2) is 46.1 Å². The van der Waals surface area contributed by atoms with Crippen LogP contribution >= 0.6 is 11.8 Å². The minimum Gasteiger partial charge on any atom is -0.497 e. The summed E-state index contributed by atoms with van der Waals surface area (Å²) in [5, 5.41) is 12.2. The number of hydrogen-bond acceptors (Lipinski definition) is 6. The molecule has 1 fully saturated rings. The predicted octanol–water partition coefficient (Wildman–Crippen LogP) is 5.08. The number of thioether (sulfide) groups is 1. The number of nitrogens with zero attached hydrogens (tertiary/aromatic N) is 4. The van der Waals surface area contributed by atoms with Gasteiger partial charge in [0.2, 0.25) is 5.91 Å². The van der Waals surface area contributed by atoms with E-state index in [2.05, 4.69) is 39.5 Å². The molecule has 0 aliphatic carbocycles. The Morgan fingerprint density at radius 2 is 1.76 bits per heavy atom. The number of piperidine rings is 1. The molecule has 0 bridgehead atoms. The highest BCUT2D eigenvalue weighted by molar-refractivity contribution is 8.00. The van der Waals surface area contributed by atoms with Crippen molar-refractivity contribution in [3.05, 3.63) is 48.5 Å². The van der Waals surface area contributed by atoms with Crippen LogP contribution in [0.2, 0.25) is 0 Å². The van der Waals surface area contributed by atoms with E-state index >= 15 is 0 Å². The second kappa shape index (κ2) is 10.7. The lowest BCUT2D eigenvalue weighted by Gasteiger charge is -2.28. The van der Waals surface area contributed by atoms with Crippen LogP contribution < -0.4 is 15.0 Å². The van der Waals surface area contributed by atoms with Gasteiger partial charge in [-0.15, -0.1) is 10.2 Å². The smallest absolute Gasteiger partial charge is 0.237 e. The largest absolute Gasteiger partial charge is 0.497 e. The Kier molecular flexibility index (Phi) is 7.54. The first-order valence-corrected chi connectivity index (χ1v) is 12.4. The van der Waals surface area contributed by atoms with Crippen LogP contribution in [0.3, 0.4) is 0 Å². The van der Waals surface area contributed by atoms with Gasteiger partial charge in [-0.25, -0.2) is 0 Å². The van der Waals surface area contributed by atoms with Gasteiger partial charge in [0.1, 0.15) is 5.75 Å². The third kappa shape index (κ3) is 5.50. The Hall–Kier alpha value is -3.00. The monoisotopic (exact) mass is 465 g/mol. The van der Waals surface area contributed by atoms with E-state index in [0.717, 1.165) is 41.1 Å². The summed E-state index contributed by atoms with van der Waals surface area (Å²) in [6, 6.07) is 15.9. The number of carbonyl (C=O) groups is 1. The SMILES string of the molecule is CCn1c(S[C@H](C)C(=O)Nc2ccc(N3CCCCC3)cc2)nnc1-c1ccc(OC)cc1. The van der Waals surface area contributed by atoms with E-state index in [0.29, 0.717) is 6.54 Å². The van der Waals surface area contributed by atoms with E-state index in [1.807, 2.05) is 47.9 Å². The molecule has 8 heteroatoms. The number of carbonyl (C=O) groups excluding carboxylic acids is 1. The predicted molar refractivity (Wildman–Crippen MR) is 134 cm³/mol. The fraction of sp³-hybridized carbons (Fsp3) is 0.400. The van der Waals surface area contributed by atoms with Gasteiger partial charge in [-0.1, -0.05) is 11.8 Å². The minimum atomic E-state index is -0.315. The Bertz CT molecular complexity index is 1060. The summed E-state index contributed by atoms with van der Waals surface area (Å²) in [6.45, 7) is 6.87. The van der Waals surface area contributed by atoms with Crippen molar-refractivity contribution in [2.75, 3.05) is 30.4 Å². The zero-order chi connectivity index (χ0) is 23.2. The maximum atomic E-state index is 12.8. The van der Waals surface area contributed by atoms with Crippen LogP contribution in [0.15, 0.2) is 53.7 Å². The number of anilines is 2. The maximum absolute atomic E-state index is 12.8. The lowest BCUT2D eigenvalue weighted by Crippen LogP contribution is -2.29. The molecule has 2 aromatic carbocycles. The van der Waals surface area contributed by atoms with E-state index in [-0.39, 0.29) is 11.2 Å². The lowest BCUT2D eigenvalue weighted by atomic mass is 10.1. The quantitative estimate of drug-likeness (QED) is 0.468. The molecule has 0 spiro atoms. The summed E-state index contributed by atoms with van der Waals surface area (Å²) in [5.74, 6) is 1.52. The minimum absolute atomic E-state index is 0.0534. The second-order valence-corrected chi connectivity index (χ2v) is 9.43. The molecule has 1 aliphatic rings. The van der Waals surface area contributed by atoms with Gasteiger partial charge in [-0.05, 0) is 81.6 Å². The summed E-state index contributed by atoms with van der Waals surface area (Å²) >= 11 is 1.42. The number of benzene rings is 2. The summed E-state index contributed by atoms with van der Waals surface area (Å²) < 4.78 is 7.27. The van der Waals surface area contributed by atoms with Gasteiger partial charge in [0.25, 0.3) is 0 Å². The second-order valence-electron chi connectivity index (χ2n) is 8.12. The first kappa shape index (κ1) is 23.2. The zero-order valence-corrected chi connectivity index (χ0v) is 20.3. The molecule has 1 amide bonds. The van der Waals surface area contributed by atoms with E-state index < -0.39 is 0 Å². The van der Waals surface area contributed by atoms with Crippen molar-refractivity contribution in [1.82, 2.24) is 14.8 Å². The van der Waals surface area contributed by atoms with E-state index in [1.165, 1.54) is 36.7 Å². The van der Waals surface area contributed by atoms with Crippen molar-refractivity contribution in [1.29, 1.82) is 0 Å². The molecular formula is C25H31N5O2S. The number of nitrogens with one attached hydrogen (secondary N) is 1. The first-order valence-electron chi connectivity index (χ1n) is 11.5. The molecular weight excluding hydrogens is 434 g/mol. The Balaban J connectivity index is 1.39. The van der Waals surface area contributed by atoms with Gasteiger partial charge in [0.05, 0.1) is 12.4 Å². The molecule has 174 valence electrons. The highest BCUT2D eigenvalue weighted by atomic mass is 32.2. The maximum Gasteiger partial charge on any atom is 0.237 e. The van der Waals surface area contributed by atoms with Crippen LogP contribution in [0.4, 0.5) is 11.4 Å². The van der Waals surface area contributed by atoms with E-state index in [1.54, 1.807) is 7.11 Å². The van der Waals surface area contributed by atoms with Crippen LogP contribution in [0.1, 0.15) is 33.1 Å². The lowest BCUT2D eigenvalue weighted by molar-refractivity contribution is -0.115. The molecule has 33 heavy (non-hydrogen) atoms. The molecule has 1 N–H and O–H groups in total. The molecule has 0 radical (unpaired) electrons. The zero-order valence-electron chi connectivity index (χ0n) is 19.5. The van der Waals surface area contributed by atoms with Gasteiger partial charge < -0.3 is 19.5 Å². The van der Waals surface area contributed by atoms with Gasteiger partial charge in [-0.2, -0.15) is 0 Å². The normalized spacial score (nSPS) is 14.7. The molecule has 4 rings (SSSR count). The highest BCUT2D eigenvalue weighted by Crippen LogP contribution is 2.29. The molecule has 7 nitrogen and oxygen atoms in total. The molecule has 2 heterocycles. The molecule has 0 unspecified atom stereocenters. The summed E-state index contributed by atoms with van der Waals surface area (Å²) in [5.41, 5.74) is 2.99. The first-order chi connectivity index (χ1) is 16.1. The standard InChI is InChI=1S/C25H31N5O2S/c1-4-30-23(19-8-14-22(32-3)15-9-19)27-28-25(30)33-18(2)24(31)26-20-10-12-21(13-11-20)29-16-6-5-7-17-29/h8-15,18H,4-7,16-17H2,1-3H3,(H,26,31)/t18-/m1/s1. The molecule has 1 aliphatic heterocycles. The molecule has 1 saturated heterocycles. The third-order valence-corrected chi connectivity index (χ3v) is 6.97. The van der Waals surface area contributed by atoms with Gasteiger partial charge in [-0.3, -0.25) is 4.79 Å². The van der Waals surface area contributed by atoms with Gasteiger partial charge in [0.15, 0.2) is 11.0 Å². The van der Waals surface area contributed by atoms with Gasteiger partial charge >= 0.3 is 0 Å². The number of ether oxygens (including phenoxy) is 1. The van der Waals surface area contributed by atoms with Crippen molar-refractivity contribution in [3.8, 4) is 17.1 Å². The third-order valence-electron chi connectivity index (χ3n) is 5.89. The highest BCUT2D eigenvalue weighted by Gasteiger charge is 2.21. The van der Waals surface area contributed by atoms with Crippen molar-refractivity contribution < 1.29 is 9.53 Å². The average Bonchev–Trinajstić information content (AvgIpc) is 3.27. The average molecular weight is 466 g/mol. The van der Waals surface area contributed by atoms with Crippen LogP contribution in [-0.2, 0) is 11.3 Å². The van der Waals surface area contributed by atoms with Crippen molar-refractivity contribution >= 4 is 29.0 Å². The van der Waals surface area contributed by atoms with Crippen LogP contribution in [0.5, 0.6) is 5.75 Å². The van der Waals surface area contributed by atoms with Crippen molar-refractivity contribution in [2.24, 2.45) is 0 Å². The molecule has 0 saturated carbocycles. The van der Waals surface area contributed by atoms with Gasteiger partial charge in [0, 0.05) is 36.6 Å². The Morgan fingerprint density at radius 3 is 2.39 bits per heavy atom. The summed E-state index contributed by atoms with van der Waals surface area (Å²) in [6.07, 6.45) is 3.80. The number of methoxy groups -OCH3 is 1. The van der Waals surface area contributed by atoms with Crippen molar-refractivity contribution in [2.45, 2.75) is 50.1 Å². The van der Waals surface area contributed by atoms with Crippen LogP contribution in [0, 0.1) is 0 Å². The van der Waals surface area contributed by atoms with E-state index in [4.69, 9.17) is 4.74 Å². The number of aromatic nitrogens is 3. The van der Waals surface area contributed by atoms with Crippen molar-refractivity contribution in [3.63, 3.8) is 0 Å². The Labute approximate surface area is 199 Å².